The lowest BCUT2D eigenvalue weighted by Crippen LogP contribution is -2.23. The van der Waals surface area contributed by atoms with Crippen molar-refractivity contribution in [1.29, 1.82) is 0 Å². The Morgan fingerprint density at radius 1 is 0.885 bits per heavy atom. The molecule has 0 N–H and O–H groups in total. The SMILES string of the molecule is Cn1ccc(-c2cncc(-c3ccc(N4CCCC4=O)cc3)c2)cc1=O. The van der Waals surface area contributed by atoms with E-state index in [1.165, 1.54) is 0 Å². The zero-order chi connectivity index (χ0) is 18.1. The molecule has 0 saturated carbocycles. The van der Waals surface area contributed by atoms with E-state index in [2.05, 4.69) is 4.98 Å². The van der Waals surface area contributed by atoms with Gasteiger partial charge in [-0.25, -0.2) is 0 Å². The molecule has 1 fully saturated rings. The third-order valence-electron chi connectivity index (χ3n) is 4.76. The second-order valence-corrected chi connectivity index (χ2v) is 6.52. The Morgan fingerprint density at radius 3 is 2.27 bits per heavy atom. The van der Waals surface area contributed by atoms with Crippen molar-refractivity contribution in [2.45, 2.75) is 12.8 Å². The summed E-state index contributed by atoms with van der Waals surface area (Å²) in [5, 5.41) is 0. The highest BCUT2D eigenvalue weighted by Crippen LogP contribution is 2.28. The Morgan fingerprint density at radius 2 is 1.62 bits per heavy atom. The van der Waals surface area contributed by atoms with E-state index in [1.807, 2.05) is 41.3 Å². The highest BCUT2D eigenvalue weighted by molar-refractivity contribution is 5.95. The molecule has 3 aromatic rings. The minimum Gasteiger partial charge on any atom is -0.319 e. The standard InChI is InChI=1S/C21H19N3O2/c1-23-10-8-16(12-21(23)26)18-11-17(13-22-14-18)15-4-6-19(7-5-15)24-9-2-3-20(24)25/h4-8,10-14H,2-3,9H2,1H3. The maximum Gasteiger partial charge on any atom is 0.250 e. The number of nitrogens with zero attached hydrogens (tertiary/aromatic N) is 3. The third-order valence-corrected chi connectivity index (χ3v) is 4.76. The van der Waals surface area contributed by atoms with Crippen molar-refractivity contribution in [3.05, 3.63) is 71.4 Å². The van der Waals surface area contributed by atoms with Crippen LogP contribution >= 0.6 is 0 Å². The monoisotopic (exact) mass is 345 g/mol. The number of carbonyl (C=O) groups is 1. The van der Waals surface area contributed by atoms with Crippen LogP contribution in [-0.4, -0.2) is 22.0 Å². The summed E-state index contributed by atoms with van der Waals surface area (Å²) in [6, 6.07) is 13.5. The average molecular weight is 345 g/mol. The number of aromatic nitrogens is 2. The largest absolute Gasteiger partial charge is 0.319 e. The van der Waals surface area contributed by atoms with E-state index in [0.717, 1.165) is 40.9 Å². The molecule has 1 amide bonds. The average Bonchev–Trinajstić information content (AvgIpc) is 3.10. The first-order valence-electron chi connectivity index (χ1n) is 8.65. The van der Waals surface area contributed by atoms with Gasteiger partial charge in [-0.05, 0) is 41.8 Å². The van der Waals surface area contributed by atoms with Crippen LogP contribution in [0.25, 0.3) is 22.3 Å². The van der Waals surface area contributed by atoms with Crippen molar-refractivity contribution in [3.63, 3.8) is 0 Å². The van der Waals surface area contributed by atoms with E-state index >= 15 is 0 Å². The molecule has 0 bridgehead atoms. The van der Waals surface area contributed by atoms with Gasteiger partial charge in [0.25, 0.3) is 5.56 Å². The molecule has 5 heteroatoms. The molecule has 2 aromatic heterocycles. The summed E-state index contributed by atoms with van der Waals surface area (Å²) in [4.78, 5) is 29.9. The number of carbonyl (C=O) groups excluding carboxylic acids is 1. The van der Waals surface area contributed by atoms with Gasteiger partial charge in [-0.3, -0.25) is 14.6 Å². The van der Waals surface area contributed by atoms with Gasteiger partial charge in [0.1, 0.15) is 0 Å². The second kappa shape index (κ2) is 6.59. The first-order chi connectivity index (χ1) is 12.6. The number of aryl methyl sites for hydroxylation is 1. The zero-order valence-corrected chi connectivity index (χ0v) is 14.6. The molecule has 0 atom stereocenters. The quantitative estimate of drug-likeness (QED) is 0.732. The molecular weight excluding hydrogens is 326 g/mol. The fourth-order valence-electron chi connectivity index (χ4n) is 3.24. The second-order valence-electron chi connectivity index (χ2n) is 6.52. The fraction of sp³-hybridized carbons (Fsp3) is 0.190. The number of anilines is 1. The Hall–Kier alpha value is -3.21. The number of hydrogen-bond acceptors (Lipinski definition) is 3. The molecule has 0 unspecified atom stereocenters. The number of hydrogen-bond donors (Lipinski definition) is 0. The Labute approximate surface area is 151 Å². The molecule has 26 heavy (non-hydrogen) atoms. The molecule has 4 rings (SSSR count). The van der Waals surface area contributed by atoms with Crippen LogP contribution in [0.2, 0.25) is 0 Å². The number of rotatable bonds is 3. The first-order valence-corrected chi connectivity index (χ1v) is 8.65. The summed E-state index contributed by atoms with van der Waals surface area (Å²) in [7, 11) is 1.73. The highest BCUT2D eigenvalue weighted by Gasteiger charge is 2.21. The van der Waals surface area contributed by atoms with Crippen LogP contribution in [-0.2, 0) is 11.8 Å². The normalized spacial score (nSPS) is 14.0. The summed E-state index contributed by atoms with van der Waals surface area (Å²) in [5.74, 6) is 0.187. The predicted octanol–water partition coefficient (Wildman–Crippen LogP) is 3.24. The fourth-order valence-corrected chi connectivity index (χ4v) is 3.24. The zero-order valence-electron chi connectivity index (χ0n) is 14.6. The maximum absolute atomic E-state index is 11.9. The van der Waals surface area contributed by atoms with Gasteiger partial charge >= 0.3 is 0 Å². The summed E-state index contributed by atoms with van der Waals surface area (Å²) in [6.07, 6.45) is 6.87. The highest BCUT2D eigenvalue weighted by atomic mass is 16.2. The smallest absolute Gasteiger partial charge is 0.250 e. The van der Waals surface area contributed by atoms with Crippen LogP contribution in [0.3, 0.4) is 0 Å². The van der Waals surface area contributed by atoms with Crippen molar-refractivity contribution < 1.29 is 4.79 Å². The van der Waals surface area contributed by atoms with Crippen molar-refractivity contribution in [3.8, 4) is 22.3 Å². The molecule has 130 valence electrons. The lowest BCUT2D eigenvalue weighted by molar-refractivity contribution is -0.117. The first kappa shape index (κ1) is 16.3. The maximum atomic E-state index is 11.9. The summed E-state index contributed by atoms with van der Waals surface area (Å²) >= 11 is 0. The molecule has 1 saturated heterocycles. The minimum absolute atomic E-state index is 0.0486. The Kier molecular flexibility index (Phi) is 4.13. The van der Waals surface area contributed by atoms with Crippen molar-refractivity contribution >= 4 is 11.6 Å². The number of amides is 1. The van der Waals surface area contributed by atoms with Crippen LogP contribution in [0.15, 0.2) is 65.8 Å². The van der Waals surface area contributed by atoms with E-state index in [1.54, 1.807) is 36.3 Å². The lowest BCUT2D eigenvalue weighted by Gasteiger charge is -2.16. The molecule has 1 aromatic carbocycles. The number of benzene rings is 1. The van der Waals surface area contributed by atoms with Gasteiger partial charge in [0.05, 0.1) is 0 Å². The molecular formula is C21H19N3O2. The van der Waals surface area contributed by atoms with Crippen LogP contribution in [0.1, 0.15) is 12.8 Å². The van der Waals surface area contributed by atoms with Gasteiger partial charge in [0, 0.05) is 61.5 Å². The Balaban J connectivity index is 1.65. The van der Waals surface area contributed by atoms with Gasteiger partial charge in [-0.2, -0.15) is 0 Å². The van der Waals surface area contributed by atoms with Crippen molar-refractivity contribution in [2.24, 2.45) is 7.05 Å². The summed E-state index contributed by atoms with van der Waals surface area (Å²) < 4.78 is 1.54. The molecule has 1 aliphatic rings. The summed E-state index contributed by atoms with van der Waals surface area (Å²) in [5.41, 5.74) is 4.64. The lowest BCUT2D eigenvalue weighted by atomic mass is 10.0. The summed E-state index contributed by atoms with van der Waals surface area (Å²) in [6.45, 7) is 0.790. The van der Waals surface area contributed by atoms with Crippen molar-refractivity contribution in [1.82, 2.24) is 9.55 Å². The van der Waals surface area contributed by atoms with Gasteiger partial charge in [-0.1, -0.05) is 12.1 Å². The van der Waals surface area contributed by atoms with Gasteiger partial charge < -0.3 is 9.47 Å². The van der Waals surface area contributed by atoms with Crippen LogP contribution in [0, 0.1) is 0 Å². The van der Waals surface area contributed by atoms with Crippen LogP contribution in [0.5, 0.6) is 0 Å². The minimum atomic E-state index is -0.0486. The van der Waals surface area contributed by atoms with E-state index in [-0.39, 0.29) is 11.5 Å². The Bertz CT molecular complexity index is 1020. The van der Waals surface area contributed by atoms with Crippen LogP contribution in [0.4, 0.5) is 5.69 Å². The van der Waals surface area contributed by atoms with E-state index in [4.69, 9.17) is 0 Å². The predicted molar refractivity (Wildman–Crippen MR) is 102 cm³/mol. The van der Waals surface area contributed by atoms with Crippen LogP contribution < -0.4 is 10.5 Å². The van der Waals surface area contributed by atoms with E-state index in [0.29, 0.717) is 6.42 Å². The molecule has 0 spiro atoms. The topological polar surface area (TPSA) is 55.2 Å². The van der Waals surface area contributed by atoms with Gasteiger partial charge in [0.15, 0.2) is 0 Å². The molecule has 1 aliphatic heterocycles. The molecule has 3 heterocycles. The number of pyridine rings is 2. The molecule has 0 radical (unpaired) electrons. The van der Waals surface area contributed by atoms with Gasteiger partial charge in [0.2, 0.25) is 5.91 Å². The van der Waals surface area contributed by atoms with Gasteiger partial charge in [-0.15, -0.1) is 0 Å². The van der Waals surface area contributed by atoms with Crippen molar-refractivity contribution in [2.75, 3.05) is 11.4 Å². The third kappa shape index (κ3) is 3.04. The van der Waals surface area contributed by atoms with E-state index in [9.17, 15) is 9.59 Å². The molecule has 5 nitrogen and oxygen atoms in total. The molecule has 0 aliphatic carbocycles. The van der Waals surface area contributed by atoms with E-state index < -0.39 is 0 Å².